The van der Waals surface area contributed by atoms with E-state index in [0.29, 0.717) is 11.3 Å². The molecule has 6 nitrogen and oxygen atoms in total. The first-order chi connectivity index (χ1) is 13.7. The lowest BCUT2D eigenvalue weighted by Gasteiger charge is -2.23. The predicted octanol–water partition coefficient (Wildman–Crippen LogP) is 3.46. The van der Waals surface area contributed by atoms with Crippen molar-refractivity contribution in [2.45, 2.75) is 39.8 Å². The van der Waals surface area contributed by atoms with E-state index < -0.39 is 29.8 Å². The van der Waals surface area contributed by atoms with E-state index in [1.807, 2.05) is 6.07 Å². The van der Waals surface area contributed by atoms with Gasteiger partial charge in [-0.1, -0.05) is 32.0 Å². The number of nitrogens with one attached hydrogen (secondary N) is 2. The number of carbonyl (C=O) groups is 3. The largest absolute Gasteiger partial charge is 0.451 e. The number of carbonyl (C=O) groups excluding carboxylic acids is 3. The fraction of sp³-hybridized carbons (Fsp3) is 0.318. The molecule has 0 aliphatic carbocycles. The highest BCUT2D eigenvalue weighted by Gasteiger charge is 2.29. The van der Waals surface area contributed by atoms with Crippen LogP contribution in [0.1, 0.15) is 36.7 Å². The van der Waals surface area contributed by atoms with Crippen LogP contribution in [0.2, 0.25) is 0 Å². The topological polar surface area (TPSA) is 84.5 Å². The number of ether oxygens (including phenoxy) is 1. The molecular formula is C22H25FN2O4. The lowest BCUT2D eigenvalue weighted by molar-refractivity contribution is -0.156. The highest BCUT2D eigenvalue weighted by Crippen LogP contribution is 2.13. The van der Waals surface area contributed by atoms with Gasteiger partial charge in [0.1, 0.15) is 11.9 Å². The van der Waals surface area contributed by atoms with Crippen molar-refractivity contribution in [1.82, 2.24) is 5.32 Å². The van der Waals surface area contributed by atoms with Gasteiger partial charge in [-0.2, -0.15) is 0 Å². The Kier molecular flexibility index (Phi) is 7.47. The zero-order valence-corrected chi connectivity index (χ0v) is 16.9. The molecule has 0 aliphatic heterocycles. The first kappa shape index (κ1) is 22.1. The Balaban J connectivity index is 2.01. The Bertz CT molecular complexity index is 881. The minimum absolute atomic E-state index is 0.247. The van der Waals surface area contributed by atoms with Crippen LogP contribution in [0, 0.1) is 18.7 Å². The summed E-state index contributed by atoms with van der Waals surface area (Å²) in [6.45, 7) is 6.78. The lowest BCUT2D eigenvalue weighted by atomic mass is 10.0. The summed E-state index contributed by atoms with van der Waals surface area (Å²) >= 11 is 0. The van der Waals surface area contributed by atoms with Crippen molar-refractivity contribution in [3.8, 4) is 0 Å². The van der Waals surface area contributed by atoms with Crippen molar-refractivity contribution < 1.29 is 23.5 Å². The van der Waals surface area contributed by atoms with Crippen LogP contribution in [0.3, 0.4) is 0 Å². The minimum Gasteiger partial charge on any atom is -0.451 e. The van der Waals surface area contributed by atoms with E-state index in [1.165, 1.54) is 31.2 Å². The van der Waals surface area contributed by atoms with Gasteiger partial charge in [0.05, 0.1) is 0 Å². The van der Waals surface area contributed by atoms with Crippen molar-refractivity contribution >= 4 is 23.5 Å². The SMILES string of the molecule is Cc1ccccc1C(=O)N[C@H](C(=O)O[C@H](C)C(=O)Nc1ccc(F)cc1)C(C)C. The number of hydrogen-bond donors (Lipinski definition) is 2. The van der Waals surface area contributed by atoms with E-state index in [1.54, 1.807) is 39.0 Å². The minimum atomic E-state index is -1.09. The van der Waals surface area contributed by atoms with Gasteiger partial charge in [-0.25, -0.2) is 9.18 Å². The molecule has 0 aliphatic rings. The molecular weight excluding hydrogens is 375 g/mol. The number of rotatable bonds is 7. The van der Waals surface area contributed by atoms with Crippen molar-refractivity contribution in [3.05, 3.63) is 65.5 Å². The maximum absolute atomic E-state index is 13.0. The molecule has 0 aromatic heterocycles. The van der Waals surface area contributed by atoms with Crippen molar-refractivity contribution in [2.75, 3.05) is 5.32 Å². The Hall–Kier alpha value is -3.22. The van der Waals surface area contributed by atoms with Gasteiger partial charge < -0.3 is 15.4 Å². The second-order valence-corrected chi connectivity index (χ2v) is 7.09. The molecule has 0 unspecified atom stereocenters. The predicted molar refractivity (Wildman–Crippen MR) is 108 cm³/mol. The third-order valence-corrected chi connectivity index (χ3v) is 4.37. The molecule has 2 N–H and O–H groups in total. The summed E-state index contributed by atoms with van der Waals surface area (Å²) < 4.78 is 18.2. The van der Waals surface area contributed by atoms with Gasteiger partial charge in [0, 0.05) is 11.3 Å². The van der Waals surface area contributed by atoms with Crippen LogP contribution >= 0.6 is 0 Å². The monoisotopic (exact) mass is 400 g/mol. The average Bonchev–Trinajstić information content (AvgIpc) is 2.67. The summed E-state index contributed by atoms with van der Waals surface area (Å²) in [6, 6.07) is 11.4. The molecule has 154 valence electrons. The highest BCUT2D eigenvalue weighted by atomic mass is 19.1. The molecule has 2 aromatic carbocycles. The molecule has 0 bridgehead atoms. The molecule has 29 heavy (non-hydrogen) atoms. The van der Waals surface area contributed by atoms with E-state index in [-0.39, 0.29) is 11.8 Å². The smallest absolute Gasteiger partial charge is 0.329 e. The summed E-state index contributed by atoms with van der Waals surface area (Å²) in [5.74, 6) is -2.32. The lowest BCUT2D eigenvalue weighted by Crippen LogP contribution is -2.47. The van der Waals surface area contributed by atoms with Gasteiger partial charge >= 0.3 is 5.97 Å². The third-order valence-electron chi connectivity index (χ3n) is 4.37. The summed E-state index contributed by atoms with van der Waals surface area (Å²) in [5.41, 5.74) is 1.63. The van der Waals surface area contributed by atoms with Crippen molar-refractivity contribution in [2.24, 2.45) is 5.92 Å². The number of anilines is 1. The van der Waals surface area contributed by atoms with E-state index in [2.05, 4.69) is 10.6 Å². The van der Waals surface area contributed by atoms with Gasteiger partial charge in [-0.05, 0) is 55.7 Å². The van der Waals surface area contributed by atoms with Crippen LogP contribution in [-0.4, -0.2) is 29.9 Å². The van der Waals surface area contributed by atoms with Crippen LogP contribution in [-0.2, 0) is 14.3 Å². The fourth-order valence-electron chi connectivity index (χ4n) is 2.62. The maximum Gasteiger partial charge on any atom is 0.329 e. The van der Waals surface area contributed by atoms with E-state index in [4.69, 9.17) is 4.74 Å². The quantitative estimate of drug-likeness (QED) is 0.697. The van der Waals surface area contributed by atoms with E-state index in [0.717, 1.165) is 5.56 Å². The fourth-order valence-corrected chi connectivity index (χ4v) is 2.62. The molecule has 7 heteroatoms. The Labute approximate surface area is 169 Å². The van der Waals surface area contributed by atoms with E-state index in [9.17, 15) is 18.8 Å². The molecule has 2 amide bonds. The molecule has 0 heterocycles. The van der Waals surface area contributed by atoms with Gasteiger partial charge in [0.15, 0.2) is 6.10 Å². The van der Waals surface area contributed by atoms with Crippen LogP contribution in [0.25, 0.3) is 0 Å². The van der Waals surface area contributed by atoms with Gasteiger partial charge in [0.25, 0.3) is 11.8 Å². The average molecular weight is 400 g/mol. The first-order valence-electron chi connectivity index (χ1n) is 9.32. The molecule has 0 radical (unpaired) electrons. The van der Waals surface area contributed by atoms with Gasteiger partial charge in [-0.15, -0.1) is 0 Å². The second-order valence-electron chi connectivity index (χ2n) is 7.09. The Morgan fingerprint density at radius 3 is 2.17 bits per heavy atom. The Morgan fingerprint density at radius 2 is 1.59 bits per heavy atom. The molecule has 2 aromatic rings. The van der Waals surface area contributed by atoms with Crippen LogP contribution in [0.5, 0.6) is 0 Å². The standard InChI is InChI=1S/C22H25FN2O4/c1-13(2)19(25-21(27)18-8-6-5-7-14(18)3)22(28)29-15(4)20(26)24-17-11-9-16(23)10-12-17/h5-13,15,19H,1-4H3,(H,24,26)(H,25,27)/t15-,19+/m1/s1. The number of amides is 2. The summed E-state index contributed by atoms with van der Waals surface area (Å²) in [5, 5.41) is 5.23. The van der Waals surface area contributed by atoms with Gasteiger partial charge in [0.2, 0.25) is 0 Å². The van der Waals surface area contributed by atoms with Crippen LogP contribution < -0.4 is 10.6 Å². The van der Waals surface area contributed by atoms with Crippen molar-refractivity contribution in [1.29, 1.82) is 0 Å². The molecule has 2 rings (SSSR count). The summed E-state index contributed by atoms with van der Waals surface area (Å²) in [6.07, 6.45) is -1.09. The molecule has 0 saturated heterocycles. The molecule has 2 atom stereocenters. The van der Waals surface area contributed by atoms with Crippen LogP contribution in [0.4, 0.5) is 10.1 Å². The number of benzene rings is 2. The number of aryl methyl sites for hydroxylation is 1. The normalized spacial score (nSPS) is 12.8. The second kappa shape index (κ2) is 9.82. The zero-order chi connectivity index (χ0) is 21.6. The highest BCUT2D eigenvalue weighted by molar-refractivity contribution is 5.99. The number of hydrogen-bond acceptors (Lipinski definition) is 4. The summed E-state index contributed by atoms with van der Waals surface area (Å²) in [4.78, 5) is 37.4. The number of esters is 1. The summed E-state index contributed by atoms with van der Waals surface area (Å²) in [7, 11) is 0. The molecule has 0 spiro atoms. The van der Waals surface area contributed by atoms with Crippen LogP contribution in [0.15, 0.2) is 48.5 Å². The van der Waals surface area contributed by atoms with Gasteiger partial charge in [-0.3, -0.25) is 9.59 Å². The first-order valence-corrected chi connectivity index (χ1v) is 9.32. The third kappa shape index (κ3) is 6.14. The molecule has 0 fully saturated rings. The maximum atomic E-state index is 13.0. The Morgan fingerprint density at radius 1 is 0.966 bits per heavy atom. The zero-order valence-electron chi connectivity index (χ0n) is 16.9. The van der Waals surface area contributed by atoms with E-state index >= 15 is 0 Å². The molecule has 0 saturated carbocycles. The van der Waals surface area contributed by atoms with Crippen molar-refractivity contribution in [3.63, 3.8) is 0 Å². The number of halogens is 1.